The molecule has 146 valence electrons. The predicted octanol–water partition coefficient (Wildman–Crippen LogP) is 2.85. The Labute approximate surface area is 164 Å². The van der Waals surface area contributed by atoms with Crippen LogP contribution < -0.4 is 5.56 Å². The van der Waals surface area contributed by atoms with Crippen molar-refractivity contribution in [2.24, 2.45) is 5.41 Å². The molecule has 1 aliphatic carbocycles. The molecule has 0 N–H and O–H groups in total. The average molecular weight is 398 g/mol. The van der Waals surface area contributed by atoms with Gasteiger partial charge < -0.3 is 0 Å². The summed E-state index contributed by atoms with van der Waals surface area (Å²) in [6.45, 7) is 3.87. The first kappa shape index (κ1) is 17.7. The molecule has 0 bridgehead atoms. The van der Waals surface area contributed by atoms with Gasteiger partial charge in [0.15, 0.2) is 0 Å². The molecule has 0 radical (unpaired) electrons. The number of hydrogen-bond donors (Lipinski definition) is 0. The summed E-state index contributed by atoms with van der Waals surface area (Å²) in [4.78, 5) is 13.3. The monoisotopic (exact) mass is 397 g/mol. The summed E-state index contributed by atoms with van der Waals surface area (Å²) in [7, 11) is -3.41. The van der Waals surface area contributed by atoms with Crippen molar-refractivity contribution in [1.82, 2.24) is 13.7 Å². The first-order valence-corrected chi connectivity index (χ1v) is 11.1. The molecule has 5 rings (SSSR count). The highest BCUT2D eigenvalue weighted by Gasteiger charge is 2.56. The van der Waals surface area contributed by atoms with Gasteiger partial charge >= 0.3 is 0 Å². The minimum atomic E-state index is -3.41. The fraction of sp³-hybridized carbons (Fsp3) is 0.381. The summed E-state index contributed by atoms with van der Waals surface area (Å²) in [5.41, 5.74) is 1.05. The molecule has 1 spiro atoms. The number of para-hydroxylation sites is 1. The Morgan fingerprint density at radius 3 is 2.32 bits per heavy atom. The summed E-state index contributed by atoms with van der Waals surface area (Å²) in [6, 6.07) is 16.5. The summed E-state index contributed by atoms with van der Waals surface area (Å²) >= 11 is 0. The van der Waals surface area contributed by atoms with Crippen LogP contribution in [0.2, 0.25) is 0 Å². The number of benzene rings is 2. The van der Waals surface area contributed by atoms with Crippen molar-refractivity contribution in [3.63, 3.8) is 0 Å². The van der Waals surface area contributed by atoms with E-state index in [1.165, 1.54) is 0 Å². The summed E-state index contributed by atoms with van der Waals surface area (Å²) in [5, 5.41) is 0.757. The number of hydrogen-bond acceptors (Lipinski definition) is 3. The van der Waals surface area contributed by atoms with Crippen LogP contribution in [0.1, 0.15) is 25.8 Å². The molecule has 3 aromatic rings. The Kier molecular flexibility index (Phi) is 3.83. The second kappa shape index (κ2) is 6.06. The molecule has 1 aliphatic heterocycles. The molecular weight excluding hydrogens is 374 g/mol. The van der Waals surface area contributed by atoms with Crippen molar-refractivity contribution in [3.8, 4) is 0 Å². The van der Waals surface area contributed by atoms with E-state index in [2.05, 4.69) is 4.68 Å². The lowest BCUT2D eigenvalue weighted by Crippen LogP contribution is -2.64. The average Bonchev–Trinajstić information content (AvgIpc) is 2.92. The Bertz CT molecular complexity index is 1200. The third kappa shape index (κ3) is 2.42. The zero-order valence-electron chi connectivity index (χ0n) is 15.8. The summed E-state index contributed by atoms with van der Waals surface area (Å²) in [5.74, 6) is 0. The predicted molar refractivity (Wildman–Crippen MR) is 108 cm³/mol. The van der Waals surface area contributed by atoms with Crippen LogP contribution in [0, 0.1) is 5.41 Å². The number of fused-ring (bicyclic) bond motifs is 1. The van der Waals surface area contributed by atoms with Crippen molar-refractivity contribution in [3.05, 3.63) is 65.0 Å². The second-order valence-corrected chi connectivity index (χ2v) is 9.97. The number of aryl methyl sites for hydroxylation is 1. The van der Waals surface area contributed by atoms with Gasteiger partial charge in [-0.15, -0.1) is 0 Å². The van der Waals surface area contributed by atoms with Crippen LogP contribution in [-0.2, 0) is 16.6 Å². The lowest BCUT2D eigenvalue weighted by Gasteiger charge is -2.58. The molecule has 2 heterocycles. The van der Waals surface area contributed by atoms with Crippen molar-refractivity contribution >= 4 is 20.9 Å². The molecule has 2 fully saturated rings. The summed E-state index contributed by atoms with van der Waals surface area (Å²) in [6.07, 6.45) is 1.70. The van der Waals surface area contributed by atoms with Gasteiger partial charge in [-0.2, -0.15) is 4.31 Å². The fourth-order valence-electron chi connectivity index (χ4n) is 4.90. The van der Waals surface area contributed by atoms with Crippen LogP contribution in [-0.4, -0.2) is 35.2 Å². The van der Waals surface area contributed by atoms with Gasteiger partial charge in [0.25, 0.3) is 5.56 Å². The molecule has 0 unspecified atom stereocenters. The van der Waals surface area contributed by atoms with Gasteiger partial charge in [-0.1, -0.05) is 30.3 Å². The van der Waals surface area contributed by atoms with Crippen LogP contribution in [0.25, 0.3) is 10.9 Å². The van der Waals surface area contributed by atoms with Crippen LogP contribution in [0.4, 0.5) is 0 Å². The van der Waals surface area contributed by atoms with Gasteiger partial charge in [-0.25, -0.2) is 13.1 Å². The maximum Gasteiger partial charge on any atom is 0.274 e. The molecule has 1 aromatic heterocycles. The van der Waals surface area contributed by atoms with Gasteiger partial charge in [-0.05, 0) is 44.0 Å². The molecule has 28 heavy (non-hydrogen) atoms. The lowest BCUT2D eigenvalue weighted by molar-refractivity contribution is -0.0541. The van der Waals surface area contributed by atoms with E-state index in [1.807, 2.05) is 41.9 Å². The van der Waals surface area contributed by atoms with Crippen LogP contribution in [0.15, 0.2) is 64.3 Å². The van der Waals surface area contributed by atoms with Crippen LogP contribution >= 0.6 is 0 Å². The SMILES string of the molecule is CCn1c2ccccc2c(=O)n1C1CC2(C1)CN(S(=O)(=O)c1ccccc1)C2. The van der Waals surface area contributed by atoms with Gasteiger partial charge in [0.1, 0.15) is 0 Å². The standard InChI is InChI=1S/C21H23N3O3S/c1-2-23-19-11-7-6-10-18(19)20(25)24(23)16-12-21(13-16)14-22(15-21)28(26,27)17-8-4-3-5-9-17/h3-11,16H,2,12-15H2,1H3. The fourth-order valence-corrected chi connectivity index (χ4v) is 6.59. The third-order valence-electron chi connectivity index (χ3n) is 6.27. The molecule has 1 saturated carbocycles. The largest absolute Gasteiger partial charge is 0.282 e. The van der Waals surface area contributed by atoms with E-state index in [9.17, 15) is 13.2 Å². The smallest absolute Gasteiger partial charge is 0.274 e. The van der Waals surface area contributed by atoms with E-state index in [0.717, 1.165) is 30.3 Å². The van der Waals surface area contributed by atoms with E-state index in [4.69, 9.17) is 0 Å². The normalized spacial score (nSPS) is 19.6. The lowest BCUT2D eigenvalue weighted by atomic mass is 9.61. The van der Waals surface area contributed by atoms with Crippen molar-refractivity contribution in [2.75, 3.05) is 13.1 Å². The van der Waals surface area contributed by atoms with Gasteiger partial charge in [0, 0.05) is 25.0 Å². The van der Waals surface area contributed by atoms with Crippen molar-refractivity contribution < 1.29 is 8.42 Å². The van der Waals surface area contributed by atoms with E-state index in [0.29, 0.717) is 18.0 Å². The number of sulfonamides is 1. The molecule has 7 heteroatoms. The molecule has 2 aliphatic rings. The van der Waals surface area contributed by atoms with Gasteiger partial charge in [0.2, 0.25) is 10.0 Å². The first-order chi connectivity index (χ1) is 13.5. The maximum absolute atomic E-state index is 12.9. The highest BCUT2D eigenvalue weighted by atomic mass is 32.2. The first-order valence-electron chi connectivity index (χ1n) is 9.70. The number of nitrogens with zero attached hydrogens (tertiary/aromatic N) is 3. The Morgan fingerprint density at radius 1 is 1.00 bits per heavy atom. The second-order valence-electron chi connectivity index (χ2n) is 8.03. The number of rotatable bonds is 4. The highest BCUT2D eigenvalue weighted by molar-refractivity contribution is 7.89. The molecular formula is C21H23N3O3S. The topological polar surface area (TPSA) is 64.3 Å². The van der Waals surface area contributed by atoms with E-state index in [1.54, 1.807) is 28.6 Å². The third-order valence-corrected chi connectivity index (χ3v) is 8.07. The highest BCUT2D eigenvalue weighted by Crippen LogP contribution is 2.55. The van der Waals surface area contributed by atoms with E-state index in [-0.39, 0.29) is 17.0 Å². The van der Waals surface area contributed by atoms with Crippen LogP contribution in [0.5, 0.6) is 0 Å². The quantitative estimate of drug-likeness (QED) is 0.680. The molecule has 0 atom stereocenters. The van der Waals surface area contributed by atoms with Crippen molar-refractivity contribution in [1.29, 1.82) is 0 Å². The molecule has 6 nitrogen and oxygen atoms in total. The Hall–Kier alpha value is -2.38. The van der Waals surface area contributed by atoms with Gasteiger partial charge in [0.05, 0.1) is 21.8 Å². The Balaban J connectivity index is 1.35. The molecule has 1 saturated heterocycles. The maximum atomic E-state index is 12.9. The molecule has 2 aromatic carbocycles. The molecule has 0 amide bonds. The minimum absolute atomic E-state index is 0.0149. The van der Waals surface area contributed by atoms with E-state index >= 15 is 0 Å². The number of aromatic nitrogens is 2. The summed E-state index contributed by atoms with van der Waals surface area (Å²) < 4.78 is 31.0. The zero-order valence-corrected chi connectivity index (χ0v) is 16.6. The van der Waals surface area contributed by atoms with Crippen LogP contribution in [0.3, 0.4) is 0 Å². The minimum Gasteiger partial charge on any atom is -0.282 e. The Morgan fingerprint density at radius 2 is 1.64 bits per heavy atom. The zero-order chi connectivity index (χ0) is 19.5. The van der Waals surface area contributed by atoms with Gasteiger partial charge in [-0.3, -0.25) is 9.48 Å². The van der Waals surface area contributed by atoms with Crippen molar-refractivity contribution in [2.45, 2.75) is 37.2 Å². The van der Waals surface area contributed by atoms with E-state index < -0.39 is 10.0 Å².